The summed E-state index contributed by atoms with van der Waals surface area (Å²) in [6.45, 7) is 1.95. The van der Waals surface area contributed by atoms with Crippen molar-refractivity contribution in [1.29, 1.82) is 0 Å². The van der Waals surface area contributed by atoms with E-state index < -0.39 is 0 Å². The Balaban J connectivity index is 1.88. The molecular weight excluding hydrogens is 301 g/mol. The Morgan fingerprint density at radius 1 is 1.18 bits per heavy atom. The number of carbonyl (C=O) groups is 1. The molecule has 1 heterocycles. The Morgan fingerprint density at radius 2 is 1.95 bits per heavy atom. The quantitative estimate of drug-likeness (QED) is 0.797. The molecule has 4 nitrogen and oxygen atoms in total. The number of hydrogen-bond donors (Lipinski definition) is 1. The maximum atomic E-state index is 13.0. The van der Waals surface area contributed by atoms with Crippen LogP contribution in [0.1, 0.15) is 15.2 Å². The van der Waals surface area contributed by atoms with Crippen LogP contribution in [0.25, 0.3) is 11.3 Å². The Morgan fingerprint density at radius 3 is 2.68 bits per heavy atom. The second kappa shape index (κ2) is 6.03. The zero-order valence-electron chi connectivity index (χ0n) is 11.7. The van der Waals surface area contributed by atoms with Crippen molar-refractivity contribution in [2.45, 2.75) is 6.92 Å². The van der Waals surface area contributed by atoms with Crippen molar-refractivity contribution in [3.8, 4) is 11.3 Å². The summed E-state index contributed by atoms with van der Waals surface area (Å²) in [6, 6.07) is 13.3. The van der Waals surface area contributed by atoms with Gasteiger partial charge in [0, 0.05) is 11.3 Å². The Bertz CT molecular complexity index is 814. The van der Waals surface area contributed by atoms with Crippen LogP contribution in [-0.2, 0) is 0 Å². The molecule has 0 saturated carbocycles. The summed E-state index contributed by atoms with van der Waals surface area (Å²) in [4.78, 5) is 12.8. The van der Waals surface area contributed by atoms with Crippen molar-refractivity contribution in [2.75, 3.05) is 5.32 Å². The predicted molar refractivity (Wildman–Crippen MR) is 84.4 cm³/mol. The average Bonchev–Trinajstić information content (AvgIpc) is 2.97. The van der Waals surface area contributed by atoms with E-state index in [-0.39, 0.29) is 11.7 Å². The van der Waals surface area contributed by atoms with Gasteiger partial charge in [0.2, 0.25) is 0 Å². The third-order valence-corrected chi connectivity index (χ3v) is 3.81. The van der Waals surface area contributed by atoms with Gasteiger partial charge in [-0.2, -0.15) is 0 Å². The molecule has 0 atom stereocenters. The summed E-state index contributed by atoms with van der Waals surface area (Å²) in [6.07, 6.45) is 0. The van der Waals surface area contributed by atoms with E-state index in [1.165, 1.54) is 12.1 Å². The lowest BCUT2D eigenvalue weighted by Crippen LogP contribution is -2.11. The molecule has 0 bridgehead atoms. The molecule has 6 heteroatoms. The van der Waals surface area contributed by atoms with Crippen molar-refractivity contribution in [3.05, 3.63) is 64.8 Å². The van der Waals surface area contributed by atoms with Gasteiger partial charge in [-0.1, -0.05) is 16.6 Å². The number of hydrogen-bond acceptors (Lipinski definition) is 4. The largest absolute Gasteiger partial charge is 0.321 e. The third kappa shape index (κ3) is 3.01. The lowest BCUT2D eigenvalue weighted by molar-refractivity contribution is 0.103. The smallest absolute Gasteiger partial charge is 0.269 e. The standard InChI is InChI=1S/C16H12FN3OS/c1-10-3-2-4-13(9-10)18-16(21)15-14(19-20-22-15)11-5-7-12(17)8-6-11/h2-9H,1H3,(H,18,21). The summed E-state index contributed by atoms with van der Waals surface area (Å²) < 4.78 is 16.8. The number of benzene rings is 2. The molecule has 22 heavy (non-hydrogen) atoms. The minimum absolute atomic E-state index is 0.278. The molecule has 0 saturated heterocycles. The van der Waals surface area contributed by atoms with Crippen LogP contribution in [0.3, 0.4) is 0 Å². The summed E-state index contributed by atoms with van der Waals surface area (Å²) in [5.41, 5.74) is 2.88. The van der Waals surface area contributed by atoms with E-state index in [4.69, 9.17) is 0 Å². The van der Waals surface area contributed by atoms with Gasteiger partial charge in [0.05, 0.1) is 0 Å². The minimum Gasteiger partial charge on any atom is -0.321 e. The first-order valence-corrected chi connectivity index (χ1v) is 7.37. The number of rotatable bonds is 3. The van der Waals surface area contributed by atoms with Gasteiger partial charge in [-0.05, 0) is 60.4 Å². The molecule has 1 aromatic heterocycles. The normalized spacial score (nSPS) is 10.5. The SMILES string of the molecule is Cc1cccc(NC(=O)c2snnc2-c2ccc(F)cc2)c1. The van der Waals surface area contributed by atoms with Gasteiger partial charge in [-0.15, -0.1) is 5.10 Å². The zero-order chi connectivity index (χ0) is 15.5. The molecule has 110 valence electrons. The maximum absolute atomic E-state index is 13.0. The van der Waals surface area contributed by atoms with Gasteiger partial charge in [-0.3, -0.25) is 4.79 Å². The zero-order valence-corrected chi connectivity index (χ0v) is 12.5. The summed E-state index contributed by atoms with van der Waals surface area (Å²) in [7, 11) is 0. The molecule has 0 spiro atoms. The fourth-order valence-corrected chi connectivity index (χ4v) is 2.63. The van der Waals surface area contributed by atoms with Gasteiger partial charge in [0.1, 0.15) is 16.4 Å². The predicted octanol–water partition coefficient (Wildman–Crippen LogP) is 3.90. The van der Waals surface area contributed by atoms with Gasteiger partial charge in [0.25, 0.3) is 5.91 Å². The minimum atomic E-state index is -0.335. The lowest BCUT2D eigenvalue weighted by Gasteiger charge is -2.05. The monoisotopic (exact) mass is 313 g/mol. The number of carbonyl (C=O) groups excluding carboxylic acids is 1. The second-order valence-electron chi connectivity index (χ2n) is 4.78. The maximum Gasteiger partial charge on any atom is 0.269 e. The van der Waals surface area contributed by atoms with E-state index in [9.17, 15) is 9.18 Å². The molecular formula is C16H12FN3OS. The highest BCUT2D eigenvalue weighted by atomic mass is 32.1. The van der Waals surface area contributed by atoms with Crippen LogP contribution in [0.15, 0.2) is 48.5 Å². The number of halogens is 1. The number of anilines is 1. The molecule has 2 aromatic carbocycles. The van der Waals surface area contributed by atoms with Crippen LogP contribution < -0.4 is 5.32 Å². The number of nitrogens with one attached hydrogen (secondary N) is 1. The summed E-state index contributed by atoms with van der Waals surface area (Å²) in [5.74, 6) is -0.613. The number of amides is 1. The third-order valence-electron chi connectivity index (χ3n) is 3.09. The molecule has 1 N–H and O–H groups in total. The number of aromatic nitrogens is 2. The molecule has 0 unspecified atom stereocenters. The van der Waals surface area contributed by atoms with Gasteiger partial charge < -0.3 is 5.32 Å². The van der Waals surface area contributed by atoms with Crippen molar-refractivity contribution in [1.82, 2.24) is 9.59 Å². The van der Waals surface area contributed by atoms with Crippen LogP contribution in [0.5, 0.6) is 0 Å². The van der Waals surface area contributed by atoms with E-state index in [1.807, 2.05) is 31.2 Å². The van der Waals surface area contributed by atoms with E-state index >= 15 is 0 Å². The van der Waals surface area contributed by atoms with Crippen LogP contribution >= 0.6 is 11.5 Å². The first kappa shape index (κ1) is 14.3. The van der Waals surface area contributed by atoms with Gasteiger partial charge in [-0.25, -0.2) is 4.39 Å². The molecule has 0 aliphatic heterocycles. The molecule has 0 aliphatic rings. The van der Waals surface area contributed by atoms with Gasteiger partial charge >= 0.3 is 0 Å². The molecule has 0 radical (unpaired) electrons. The molecule has 1 amide bonds. The molecule has 0 aliphatic carbocycles. The topological polar surface area (TPSA) is 54.9 Å². The van der Waals surface area contributed by atoms with E-state index in [0.29, 0.717) is 21.8 Å². The van der Waals surface area contributed by atoms with Crippen molar-refractivity contribution < 1.29 is 9.18 Å². The summed E-state index contributed by atoms with van der Waals surface area (Å²) >= 11 is 1.01. The lowest BCUT2D eigenvalue weighted by atomic mass is 10.1. The number of aryl methyl sites for hydroxylation is 1. The van der Waals surface area contributed by atoms with Gasteiger partial charge in [0.15, 0.2) is 0 Å². The fraction of sp³-hybridized carbons (Fsp3) is 0.0625. The molecule has 3 aromatic rings. The first-order chi connectivity index (χ1) is 10.6. The van der Waals surface area contributed by atoms with Crippen molar-refractivity contribution in [3.63, 3.8) is 0 Å². The van der Waals surface area contributed by atoms with Crippen molar-refractivity contribution >= 4 is 23.1 Å². The van der Waals surface area contributed by atoms with Crippen LogP contribution in [-0.4, -0.2) is 15.5 Å². The highest BCUT2D eigenvalue weighted by molar-refractivity contribution is 7.08. The fourth-order valence-electron chi connectivity index (χ4n) is 2.05. The van der Waals surface area contributed by atoms with Crippen LogP contribution in [0.4, 0.5) is 10.1 Å². The highest BCUT2D eigenvalue weighted by Gasteiger charge is 2.18. The molecule has 3 rings (SSSR count). The van der Waals surface area contributed by atoms with E-state index in [1.54, 1.807) is 12.1 Å². The van der Waals surface area contributed by atoms with E-state index in [0.717, 1.165) is 17.1 Å². The Kier molecular flexibility index (Phi) is 3.93. The second-order valence-corrected chi connectivity index (χ2v) is 5.54. The summed E-state index contributed by atoms with van der Waals surface area (Å²) in [5, 5.41) is 6.81. The van der Waals surface area contributed by atoms with Crippen molar-refractivity contribution in [2.24, 2.45) is 0 Å². The van der Waals surface area contributed by atoms with E-state index in [2.05, 4.69) is 14.9 Å². The highest BCUT2D eigenvalue weighted by Crippen LogP contribution is 2.25. The average molecular weight is 313 g/mol. The number of nitrogens with zero attached hydrogens (tertiary/aromatic N) is 2. The Labute approximate surface area is 130 Å². The molecule has 0 fully saturated rings. The Hall–Kier alpha value is -2.60. The van der Waals surface area contributed by atoms with Crippen LogP contribution in [0.2, 0.25) is 0 Å². The van der Waals surface area contributed by atoms with Crippen LogP contribution in [0, 0.1) is 12.7 Å². The first-order valence-electron chi connectivity index (χ1n) is 6.60.